The Morgan fingerprint density at radius 3 is 3.17 bits per heavy atom. The first-order valence-corrected chi connectivity index (χ1v) is 6.61. The lowest BCUT2D eigenvalue weighted by Crippen LogP contribution is -2.37. The van der Waals surface area contributed by atoms with E-state index in [0.29, 0.717) is 6.54 Å². The molecular weight excluding hydrogens is 228 g/mol. The summed E-state index contributed by atoms with van der Waals surface area (Å²) in [6, 6.07) is 0.275. The predicted octanol–water partition coefficient (Wildman–Crippen LogP) is 0.865. The molecule has 5 nitrogen and oxygen atoms in total. The van der Waals surface area contributed by atoms with Gasteiger partial charge >= 0.3 is 0 Å². The maximum Gasteiger partial charge on any atom is 0.236 e. The van der Waals surface area contributed by atoms with Gasteiger partial charge in [0.2, 0.25) is 5.91 Å². The molecule has 2 rings (SSSR count). The number of rotatable bonds is 4. The standard InChI is InChI=1S/C13H22N4O/c1-4-16(2)13(18)9-14-11-6-5-7-12-10(11)8-15-17(12)3/h8,11,14H,4-7,9H2,1-3H3. The van der Waals surface area contributed by atoms with Crippen LogP contribution in [0.4, 0.5) is 0 Å². The molecule has 0 saturated heterocycles. The van der Waals surface area contributed by atoms with Crippen molar-refractivity contribution in [1.82, 2.24) is 20.0 Å². The zero-order valence-corrected chi connectivity index (χ0v) is 11.4. The zero-order valence-electron chi connectivity index (χ0n) is 11.4. The fraction of sp³-hybridized carbons (Fsp3) is 0.692. The molecule has 1 N–H and O–H groups in total. The minimum Gasteiger partial charge on any atom is -0.345 e. The van der Waals surface area contributed by atoms with Crippen molar-refractivity contribution >= 4 is 5.91 Å². The number of carbonyl (C=O) groups excluding carboxylic acids is 1. The van der Waals surface area contributed by atoms with Crippen LogP contribution in [-0.4, -0.2) is 40.7 Å². The van der Waals surface area contributed by atoms with Crippen molar-refractivity contribution < 1.29 is 4.79 Å². The molecular formula is C13H22N4O. The Kier molecular flexibility index (Phi) is 4.01. The molecule has 0 spiro atoms. The highest BCUT2D eigenvalue weighted by atomic mass is 16.2. The summed E-state index contributed by atoms with van der Waals surface area (Å²) in [7, 11) is 3.82. The number of hydrogen-bond acceptors (Lipinski definition) is 3. The van der Waals surface area contributed by atoms with Crippen molar-refractivity contribution in [3.05, 3.63) is 17.5 Å². The van der Waals surface area contributed by atoms with Crippen LogP contribution in [0.2, 0.25) is 0 Å². The van der Waals surface area contributed by atoms with E-state index >= 15 is 0 Å². The molecule has 1 aliphatic carbocycles. The molecule has 0 saturated carbocycles. The van der Waals surface area contributed by atoms with Gasteiger partial charge in [0, 0.05) is 37.9 Å². The highest BCUT2D eigenvalue weighted by molar-refractivity contribution is 5.77. The largest absolute Gasteiger partial charge is 0.345 e. The second-order valence-electron chi connectivity index (χ2n) is 4.90. The van der Waals surface area contributed by atoms with Gasteiger partial charge in [-0.05, 0) is 26.2 Å². The van der Waals surface area contributed by atoms with E-state index in [-0.39, 0.29) is 11.9 Å². The van der Waals surface area contributed by atoms with Crippen molar-refractivity contribution in [2.75, 3.05) is 20.1 Å². The Hall–Kier alpha value is -1.36. The Bertz CT molecular complexity index is 427. The summed E-state index contributed by atoms with van der Waals surface area (Å²) in [4.78, 5) is 13.5. The molecule has 100 valence electrons. The molecule has 5 heteroatoms. The SMILES string of the molecule is CCN(C)C(=O)CNC1CCCc2c1cnn2C. The van der Waals surface area contributed by atoms with Crippen LogP contribution in [-0.2, 0) is 18.3 Å². The van der Waals surface area contributed by atoms with E-state index in [9.17, 15) is 4.79 Å². The first-order chi connectivity index (χ1) is 8.63. The summed E-state index contributed by atoms with van der Waals surface area (Å²) in [5, 5.41) is 7.67. The van der Waals surface area contributed by atoms with Gasteiger partial charge in [-0.25, -0.2) is 0 Å². The van der Waals surface area contributed by atoms with E-state index in [4.69, 9.17) is 0 Å². The van der Waals surface area contributed by atoms with Crippen molar-refractivity contribution in [3.8, 4) is 0 Å². The van der Waals surface area contributed by atoms with Gasteiger partial charge in [0.15, 0.2) is 0 Å². The summed E-state index contributed by atoms with van der Waals surface area (Å²) < 4.78 is 1.95. The fourth-order valence-electron chi connectivity index (χ4n) is 2.44. The third-order valence-electron chi connectivity index (χ3n) is 3.78. The van der Waals surface area contributed by atoms with E-state index in [2.05, 4.69) is 10.4 Å². The third kappa shape index (κ3) is 2.56. The second-order valence-corrected chi connectivity index (χ2v) is 4.90. The van der Waals surface area contributed by atoms with Gasteiger partial charge in [-0.1, -0.05) is 0 Å². The van der Waals surface area contributed by atoms with Crippen molar-refractivity contribution in [2.45, 2.75) is 32.2 Å². The molecule has 18 heavy (non-hydrogen) atoms. The number of carbonyl (C=O) groups is 1. The molecule has 1 amide bonds. The fourth-order valence-corrected chi connectivity index (χ4v) is 2.44. The number of nitrogens with one attached hydrogen (secondary N) is 1. The summed E-state index contributed by atoms with van der Waals surface area (Å²) in [5.41, 5.74) is 2.56. The van der Waals surface area contributed by atoms with Gasteiger partial charge in [0.05, 0.1) is 12.7 Å². The Labute approximate surface area is 108 Å². The van der Waals surface area contributed by atoms with E-state index in [0.717, 1.165) is 25.8 Å². The lowest BCUT2D eigenvalue weighted by molar-refractivity contribution is -0.128. The average Bonchev–Trinajstić information content (AvgIpc) is 2.77. The molecule has 1 aromatic rings. The normalized spacial score (nSPS) is 18.5. The van der Waals surface area contributed by atoms with Crippen LogP contribution >= 0.6 is 0 Å². The third-order valence-corrected chi connectivity index (χ3v) is 3.78. The van der Waals surface area contributed by atoms with Crippen LogP contribution in [0, 0.1) is 0 Å². The highest BCUT2D eigenvalue weighted by Crippen LogP contribution is 2.28. The van der Waals surface area contributed by atoms with E-state index in [1.165, 1.54) is 11.3 Å². The topological polar surface area (TPSA) is 50.2 Å². The van der Waals surface area contributed by atoms with Crippen molar-refractivity contribution in [1.29, 1.82) is 0 Å². The smallest absolute Gasteiger partial charge is 0.236 e. The number of aryl methyl sites for hydroxylation is 1. The number of fused-ring (bicyclic) bond motifs is 1. The molecule has 0 bridgehead atoms. The quantitative estimate of drug-likeness (QED) is 0.862. The van der Waals surface area contributed by atoms with E-state index in [1.54, 1.807) is 4.90 Å². The number of nitrogens with zero attached hydrogens (tertiary/aromatic N) is 3. The number of likely N-dealkylation sites (N-methyl/N-ethyl adjacent to an activating group) is 1. The van der Waals surface area contributed by atoms with Crippen LogP contribution in [0.1, 0.15) is 37.1 Å². The maximum absolute atomic E-state index is 11.8. The average molecular weight is 250 g/mol. The minimum atomic E-state index is 0.147. The maximum atomic E-state index is 11.8. The van der Waals surface area contributed by atoms with Crippen LogP contribution in [0.15, 0.2) is 6.20 Å². The molecule has 0 radical (unpaired) electrons. The first-order valence-electron chi connectivity index (χ1n) is 6.61. The zero-order chi connectivity index (χ0) is 13.1. The number of hydrogen-bond donors (Lipinski definition) is 1. The van der Waals surface area contributed by atoms with E-state index in [1.807, 2.05) is 31.9 Å². The predicted molar refractivity (Wildman–Crippen MR) is 70.2 cm³/mol. The van der Waals surface area contributed by atoms with Gasteiger partial charge < -0.3 is 10.2 Å². The molecule has 0 aromatic carbocycles. The molecule has 1 heterocycles. The lowest BCUT2D eigenvalue weighted by atomic mass is 9.93. The van der Waals surface area contributed by atoms with Crippen molar-refractivity contribution in [2.24, 2.45) is 7.05 Å². The molecule has 0 fully saturated rings. The summed E-state index contributed by atoms with van der Waals surface area (Å²) in [5.74, 6) is 0.147. The molecule has 0 aliphatic heterocycles. The van der Waals surface area contributed by atoms with Gasteiger partial charge in [-0.15, -0.1) is 0 Å². The number of amides is 1. The minimum absolute atomic E-state index is 0.147. The first kappa shape index (κ1) is 13.1. The van der Waals surface area contributed by atoms with Gasteiger partial charge in [-0.3, -0.25) is 9.48 Å². The molecule has 1 atom stereocenters. The van der Waals surface area contributed by atoms with Crippen LogP contribution < -0.4 is 5.32 Å². The van der Waals surface area contributed by atoms with Crippen molar-refractivity contribution in [3.63, 3.8) is 0 Å². The Balaban J connectivity index is 1.97. The second kappa shape index (κ2) is 5.52. The van der Waals surface area contributed by atoms with Gasteiger partial charge in [0.25, 0.3) is 0 Å². The molecule has 1 aromatic heterocycles. The molecule has 1 aliphatic rings. The van der Waals surface area contributed by atoms with Gasteiger partial charge in [0.1, 0.15) is 0 Å². The lowest BCUT2D eigenvalue weighted by Gasteiger charge is -2.24. The van der Waals surface area contributed by atoms with Gasteiger partial charge in [-0.2, -0.15) is 5.10 Å². The Morgan fingerprint density at radius 2 is 2.44 bits per heavy atom. The summed E-state index contributed by atoms with van der Waals surface area (Å²) >= 11 is 0. The highest BCUT2D eigenvalue weighted by Gasteiger charge is 2.23. The van der Waals surface area contributed by atoms with Crippen LogP contribution in [0.5, 0.6) is 0 Å². The molecule has 1 unspecified atom stereocenters. The summed E-state index contributed by atoms with van der Waals surface area (Å²) in [6.45, 7) is 3.14. The monoisotopic (exact) mass is 250 g/mol. The number of aromatic nitrogens is 2. The van der Waals surface area contributed by atoms with Crippen LogP contribution in [0.3, 0.4) is 0 Å². The van der Waals surface area contributed by atoms with Crippen LogP contribution in [0.25, 0.3) is 0 Å². The van der Waals surface area contributed by atoms with E-state index < -0.39 is 0 Å². The Morgan fingerprint density at radius 1 is 1.67 bits per heavy atom. The summed E-state index contributed by atoms with van der Waals surface area (Å²) in [6.07, 6.45) is 5.26.